The molecule has 126 valence electrons. The summed E-state index contributed by atoms with van der Waals surface area (Å²) in [6, 6.07) is 0. The number of rotatable bonds is 11. The first kappa shape index (κ1) is 21.8. The van der Waals surface area contributed by atoms with Crippen LogP contribution in [0.2, 0.25) is 13.3 Å². The Morgan fingerprint density at radius 3 is 1.64 bits per heavy atom. The van der Waals surface area contributed by atoms with E-state index in [1.54, 1.807) is 18.2 Å². The van der Waals surface area contributed by atoms with Crippen LogP contribution in [0.15, 0.2) is 17.3 Å². The van der Waals surface area contributed by atoms with Crippen LogP contribution in [0.3, 0.4) is 0 Å². The quantitative estimate of drug-likeness (QED) is 0.180. The zero-order valence-electron chi connectivity index (χ0n) is 14.1. The molecule has 0 aromatic carbocycles. The Hall–Kier alpha value is 1.76. The molecule has 1 heterocycles. The van der Waals surface area contributed by atoms with E-state index in [0.717, 1.165) is 0 Å². The van der Waals surface area contributed by atoms with E-state index in [1.807, 2.05) is 12.4 Å². The van der Waals surface area contributed by atoms with Crippen molar-refractivity contribution in [2.24, 2.45) is 0 Å². The molecule has 0 unspecified atom stereocenters. The monoisotopic (exact) mass is 653 g/mol. The zero-order chi connectivity index (χ0) is 16.4. The van der Waals surface area contributed by atoms with E-state index in [9.17, 15) is 0 Å². The van der Waals surface area contributed by atoms with Crippen LogP contribution in [0, 0.1) is 7.14 Å². The molecule has 1 aromatic rings. The molecule has 0 aliphatic carbocycles. The van der Waals surface area contributed by atoms with Crippen LogP contribution in [0.1, 0.15) is 59.3 Å². The number of hydrogen-bond donors (Lipinski definition) is 0. The Kier molecular flexibility index (Phi) is 12.1. The summed E-state index contributed by atoms with van der Waals surface area (Å²) in [7, 11) is 2.36. The molecular formula is C17H29I2NSSn. The Bertz CT molecular complexity index is 401. The predicted molar refractivity (Wildman–Crippen MR) is 120 cm³/mol. The summed E-state index contributed by atoms with van der Waals surface area (Å²) in [6.45, 7) is 7.04. The van der Waals surface area contributed by atoms with Gasteiger partial charge in [0.05, 0.1) is 0 Å². The van der Waals surface area contributed by atoms with Gasteiger partial charge in [0.25, 0.3) is 0 Å². The molecule has 5 heteroatoms. The van der Waals surface area contributed by atoms with Crippen LogP contribution >= 0.6 is 54.1 Å². The van der Waals surface area contributed by atoms with Crippen molar-refractivity contribution in [1.29, 1.82) is 0 Å². The van der Waals surface area contributed by atoms with Gasteiger partial charge in [0.2, 0.25) is 0 Å². The SMILES string of the molecule is CCC[CH2][Sn]([CH2]CCC)([CH2]CCC)[S]c1c(I)cncc1I. The minimum atomic E-state index is -2.15. The van der Waals surface area contributed by atoms with Crippen molar-refractivity contribution in [1.82, 2.24) is 4.98 Å². The molecule has 0 atom stereocenters. The molecule has 0 fully saturated rings. The Balaban J connectivity index is 3.03. The van der Waals surface area contributed by atoms with Gasteiger partial charge in [0.15, 0.2) is 0 Å². The maximum absolute atomic E-state index is 4.36. The number of hydrogen-bond acceptors (Lipinski definition) is 2. The summed E-state index contributed by atoms with van der Waals surface area (Å²) in [5.74, 6) is 0. The van der Waals surface area contributed by atoms with Crippen LogP contribution in [0.4, 0.5) is 0 Å². The second kappa shape index (κ2) is 12.2. The van der Waals surface area contributed by atoms with Gasteiger partial charge in [-0.1, -0.05) is 0 Å². The number of aromatic nitrogens is 1. The van der Waals surface area contributed by atoms with E-state index in [0.29, 0.717) is 0 Å². The Morgan fingerprint density at radius 2 is 1.27 bits per heavy atom. The molecule has 0 bridgehead atoms. The third-order valence-corrected chi connectivity index (χ3v) is 27.9. The van der Waals surface area contributed by atoms with E-state index in [1.165, 1.54) is 45.7 Å². The van der Waals surface area contributed by atoms with E-state index in [4.69, 9.17) is 0 Å². The fourth-order valence-electron chi connectivity index (χ4n) is 2.74. The van der Waals surface area contributed by atoms with Gasteiger partial charge in [-0.3, -0.25) is 0 Å². The van der Waals surface area contributed by atoms with Crippen molar-refractivity contribution in [2.45, 2.75) is 77.5 Å². The molecule has 0 aliphatic rings. The number of pyridine rings is 1. The first-order valence-electron chi connectivity index (χ1n) is 8.56. The van der Waals surface area contributed by atoms with Gasteiger partial charge in [0, 0.05) is 0 Å². The number of unbranched alkanes of at least 4 members (excludes halogenated alkanes) is 3. The van der Waals surface area contributed by atoms with Gasteiger partial charge in [0.1, 0.15) is 0 Å². The summed E-state index contributed by atoms with van der Waals surface area (Å²) >= 11 is 2.81. The van der Waals surface area contributed by atoms with Crippen molar-refractivity contribution in [3.05, 3.63) is 19.5 Å². The van der Waals surface area contributed by atoms with Gasteiger partial charge in [-0.15, -0.1) is 0 Å². The van der Waals surface area contributed by atoms with Gasteiger partial charge in [-0.25, -0.2) is 0 Å². The second-order valence-corrected chi connectivity index (χ2v) is 27.6. The summed E-state index contributed by atoms with van der Waals surface area (Å²) < 4.78 is 7.40. The Morgan fingerprint density at radius 1 is 0.864 bits per heavy atom. The molecule has 1 rings (SSSR count). The van der Waals surface area contributed by atoms with E-state index in [2.05, 4.69) is 79.9 Å². The van der Waals surface area contributed by atoms with Crippen molar-refractivity contribution in [3.63, 3.8) is 0 Å². The Labute approximate surface area is 171 Å². The van der Waals surface area contributed by atoms with Crippen LogP contribution in [-0.4, -0.2) is 22.0 Å². The third-order valence-electron chi connectivity index (χ3n) is 4.09. The summed E-state index contributed by atoms with van der Waals surface area (Å²) in [5, 5.41) is 0. The fourth-order valence-corrected chi connectivity index (χ4v) is 31.2. The molecule has 0 aliphatic heterocycles. The molecule has 0 amide bonds. The van der Waals surface area contributed by atoms with E-state index < -0.39 is 17.0 Å². The molecule has 0 saturated carbocycles. The summed E-state index contributed by atoms with van der Waals surface area (Å²) in [6.07, 6.45) is 12.5. The minimum absolute atomic E-state index is 1.35. The average Bonchev–Trinajstić information content (AvgIpc) is 2.52. The van der Waals surface area contributed by atoms with Crippen LogP contribution in [-0.2, 0) is 0 Å². The summed E-state index contributed by atoms with van der Waals surface area (Å²) in [4.78, 5) is 5.91. The van der Waals surface area contributed by atoms with Crippen molar-refractivity contribution < 1.29 is 0 Å². The van der Waals surface area contributed by atoms with Crippen molar-refractivity contribution >= 4 is 71.1 Å². The average molecular weight is 652 g/mol. The second-order valence-electron chi connectivity index (χ2n) is 6.03. The zero-order valence-corrected chi connectivity index (χ0v) is 22.1. The van der Waals surface area contributed by atoms with Gasteiger partial charge < -0.3 is 0 Å². The molecule has 1 aromatic heterocycles. The van der Waals surface area contributed by atoms with Crippen molar-refractivity contribution in [2.75, 3.05) is 0 Å². The topological polar surface area (TPSA) is 12.9 Å². The van der Waals surface area contributed by atoms with Gasteiger partial charge >= 0.3 is 173 Å². The van der Waals surface area contributed by atoms with Crippen LogP contribution in [0.25, 0.3) is 0 Å². The molecular weight excluding hydrogens is 623 g/mol. The molecule has 1 nitrogen and oxygen atoms in total. The van der Waals surface area contributed by atoms with E-state index >= 15 is 0 Å². The van der Waals surface area contributed by atoms with Gasteiger partial charge in [-0.2, -0.15) is 0 Å². The van der Waals surface area contributed by atoms with Crippen molar-refractivity contribution in [3.8, 4) is 0 Å². The fraction of sp³-hybridized carbons (Fsp3) is 0.706. The standard InChI is InChI=1S/C5H3I2NS.3C4H9.Sn/c6-3-1-8-2-4(7)5(3)9;3*1-3-4-2;/h1-2H,(H,8,9);3*1,3-4H2,2H3;/q;;;;+1/p-1. The first-order chi connectivity index (χ1) is 10.6. The molecule has 0 radical (unpaired) electrons. The number of nitrogens with zero attached hydrogens (tertiary/aromatic N) is 1. The maximum atomic E-state index is 4.36. The molecule has 0 saturated heterocycles. The number of halogens is 2. The van der Waals surface area contributed by atoms with Crippen LogP contribution < -0.4 is 0 Å². The predicted octanol–water partition coefficient (Wildman–Crippen LogP) is 7.73. The van der Waals surface area contributed by atoms with Crippen LogP contribution in [0.5, 0.6) is 0 Å². The third kappa shape index (κ3) is 7.33. The summed E-state index contributed by atoms with van der Waals surface area (Å²) in [5.41, 5.74) is 0. The molecule has 0 N–H and O–H groups in total. The van der Waals surface area contributed by atoms with Gasteiger partial charge in [-0.05, 0) is 0 Å². The normalized spacial score (nSPS) is 11.9. The van der Waals surface area contributed by atoms with E-state index in [-0.39, 0.29) is 0 Å². The molecule has 22 heavy (non-hydrogen) atoms. The first-order valence-corrected chi connectivity index (χ1v) is 21.1. The molecule has 0 spiro atoms.